The molecule has 1 nitrogen and oxygen atoms in total. The van der Waals surface area contributed by atoms with Gasteiger partial charge in [-0.25, -0.2) is 0 Å². The first-order valence-electron chi connectivity index (χ1n) is 4.94. The van der Waals surface area contributed by atoms with Gasteiger partial charge in [0.05, 0.1) is 12.7 Å². The molecule has 1 saturated heterocycles. The molecule has 1 heterocycles. The molecule has 2 aliphatic carbocycles. The van der Waals surface area contributed by atoms with Gasteiger partial charge < -0.3 is 4.74 Å². The highest BCUT2D eigenvalue weighted by Gasteiger charge is 2.40. The lowest BCUT2D eigenvalue weighted by Crippen LogP contribution is -2.29. The molecule has 0 aromatic heterocycles. The standard InChI is InChI=1S/C11H14O/c1-3-8-4-2-6-10-11(8)9(5-1)7-12-10/h1,3,5,8,10-11H,2,4,6-7H2/t8-,10+,11+/m0/s1. The molecule has 0 N–H and O–H groups in total. The minimum atomic E-state index is 0.556. The predicted octanol–water partition coefficient (Wildman–Crippen LogP) is 2.30. The Labute approximate surface area is 73.1 Å². The second kappa shape index (κ2) is 2.46. The molecule has 1 aliphatic heterocycles. The maximum atomic E-state index is 5.76. The minimum absolute atomic E-state index is 0.556. The number of hydrogen-bond acceptors (Lipinski definition) is 1. The summed E-state index contributed by atoms with van der Waals surface area (Å²) in [6.45, 7) is 0.899. The second-order valence-electron chi connectivity index (χ2n) is 4.10. The van der Waals surface area contributed by atoms with E-state index in [1.54, 1.807) is 5.57 Å². The van der Waals surface area contributed by atoms with Crippen molar-refractivity contribution in [3.05, 3.63) is 23.8 Å². The van der Waals surface area contributed by atoms with Crippen molar-refractivity contribution in [3.63, 3.8) is 0 Å². The molecule has 0 amide bonds. The second-order valence-corrected chi connectivity index (χ2v) is 4.10. The van der Waals surface area contributed by atoms with Crippen molar-refractivity contribution in [2.24, 2.45) is 11.8 Å². The fourth-order valence-electron chi connectivity index (χ4n) is 2.89. The first-order chi connectivity index (χ1) is 5.95. The van der Waals surface area contributed by atoms with Gasteiger partial charge in [0.1, 0.15) is 0 Å². The monoisotopic (exact) mass is 162 g/mol. The van der Waals surface area contributed by atoms with E-state index >= 15 is 0 Å². The van der Waals surface area contributed by atoms with Crippen LogP contribution in [0.2, 0.25) is 0 Å². The molecule has 2 fully saturated rings. The molecular weight excluding hydrogens is 148 g/mol. The zero-order valence-corrected chi connectivity index (χ0v) is 7.20. The van der Waals surface area contributed by atoms with Gasteiger partial charge in [-0.05, 0) is 24.3 Å². The summed E-state index contributed by atoms with van der Waals surface area (Å²) in [5.74, 6) is 1.55. The van der Waals surface area contributed by atoms with Gasteiger partial charge in [-0.2, -0.15) is 0 Å². The van der Waals surface area contributed by atoms with Crippen LogP contribution in [0.1, 0.15) is 19.3 Å². The van der Waals surface area contributed by atoms with E-state index in [0.717, 1.165) is 18.4 Å². The molecule has 0 spiro atoms. The molecule has 3 aliphatic rings. The zero-order chi connectivity index (χ0) is 7.97. The van der Waals surface area contributed by atoms with Crippen molar-refractivity contribution in [2.75, 3.05) is 6.61 Å². The molecular formula is C11H14O. The van der Waals surface area contributed by atoms with Crippen molar-refractivity contribution in [1.29, 1.82) is 0 Å². The van der Waals surface area contributed by atoms with Gasteiger partial charge in [-0.15, -0.1) is 0 Å². The van der Waals surface area contributed by atoms with Crippen molar-refractivity contribution >= 4 is 0 Å². The van der Waals surface area contributed by atoms with Gasteiger partial charge in [0, 0.05) is 5.92 Å². The Morgan fingerprint density at radius 2 is 2.33 bits per heavy atom. The van der Waals surface area contributed by atoms with E-state index in [1.165, 1.54) is 19.3 Å². The number of rotatable bonds is 0. The highest BCUT2D eigenvalue weighted by Crippen LogP contribution is 2.43. The van der Waals surface area contributed by atoms with Gasteiger partial charge in [-0.1, -0.05) is 24.6 Å². The Bertz CT molecular complexity index is 252. The summed E-state index contributed by atoms with van der Waals surface area (Å²) in [6, 6.07) is 0. The molecule has 0 aromatic rings. The molecule has 1 heteroatoms. The van der Waals surface area contributed by atoms with E-state index in [2.05, 4.69) is 18.2 Å². The van der Waals surface area contributed by atoms with Crippen LogP contribution in [0.15, 0.2) is 23.8 Å². The summed E-state index contributed by atoms with van der Waals surface area (Å²) >= 11 is 0. The Hall–Kier alpha value is -0.560. The van der Waals surface area contributed by atoms with Crippen LogP contribution < -0.4 is 0 Å². The van der Waals surface area contributed by atoms with Crippen LogP contribution in [0.3, 0.4) is 0 Å². The predicted molar refractivity (Wildman–Crippen MR) is 47.8 cm³/mol. The van der Waals surface area contributed by atoms with Crippen molar-refractivity contribution in [3.8, 4) is 0 Å². The average molecular weight is 162 g/mol. The van der Waals surface area contributed by atoms with Gasteiger partial charge in [-0.3, -0.25) is 0 Å². The lowest BCUT2D eigenvalue weighted by molar-refractivity contribution is 0.0533. The van der Waals surface area contributed by atoms with Gasteiger partial charge in [0.15, 0.2) is 0 Å². The van der Waals surface area contributed by atoms with Crippen LogP contribution >= 0.6 is 0 Å². The summed E-state index contributed by atoms with van der Waals surface area (Å²) in [4.78, 5) is 0. The Balaban J connectivity index is 1.98. The van der Waals surface area contributed by atoms with E-state index in [1.807, 2.05) is 0 Å². The lowest BCUT2D eigenvalue weighted by atomic mass is 9.73. The summed E-state index contributed by atoms with van der Waals surface area (Å²) in [5, 5.41) is 0. The summed E-state index contributed by atoms with van der Waals surface area (Å²) in [5.41, 5.74) is 1.55. The van der Waals surface area contributed by atoms with E-state index in [-0.39, 0.29) is 0 Å². The van der Waals surface area contributed by atoms with Gasteiger partial charge >= 0.3 is 0 Å². The summed E-state index contributed by atoms with van der Waals surface area (Å²) in [6.07, 6.45) is 11.4. The molecule has 0 radical (unpaired) electrons. The molecule has 64 valence electrons. The highest BCUT2D eigenvalue weighted by atomic mass is 16.5. The smallest absolute Gasteiger partial charge is 0.0687 e. The van der Waals surface area contributed by atoms with Crippen molar-refractivity contribution in [1.82, 2.24) is 0 Å². The molecule has 0 bridgehead atoms. The van der Waals surface area contributed by atoms with Crippen LogP contribution in [0.25, 0.3) is 0 Å². The Morgan fingerprint density at radius 1 is 1.33 bits per heavy atom. The van der Waals surface area contributed by atoms with Crippen molar-refractivity contribution in [2.45, 2.75) is 25.4 Å². The molecule has 3 atom stereocenters. The molecule has 1 saturated carbocycles. The van der Waals surface area contributed by atoms with Gasteiger partial charge in [0.2, 0.25) is 0 Å². The SMILES string of the molecule is C1=C[C@H]2CCC[C@H]3OCC(=C1)[C@@H]23. The fourth-order valence-corrected chi connectivity index (χ4v) is 2.89. The highest BCUT2D eigenvalue weighted by molar-refractivity contribution is 5.28. The molecule has 3 rings (SSSR count). The topological polar surface area (TPSA) is 9.23 Å². The summed E-state index contributed by atoms with van der Waals surface area (Å²) < 4.78 is 5.76. The van der Waals surface area contributed by atoms with E-state index in [9.17, 15) is 0 Å². The average Bonchev–Trinajstić information content (AvgIpc) is 2.52. The lowest BCUT2D eigenvalue weighted by Gasteiger charge is -2.32. The minimum Gasteiger partial charge on any atom is -0.373 e. The Kier molecular flexibility index (Phi) is 1.42. The third-order valence-corrected chi connectivity index (χ3v) is 3.45. The van der Waals surface area contributed by atoms with E-state index in [0.29, 0.717) is 6.10 Å². The zero-order valence-electron chi connectivity index (χ0n) is 7.20. The van der Waals surface area contributed by atoms with Crippen LogP contribution in [0.4, 0.5) is 0 Å². The quantitative estimate of drug-likeness (QED) is 0.531. The first kappa shape index (κ1) is 6.90. The Morgan fingerprint density at radius 3 is 3.33 bits per heavy atom. The summed E-state index contributed by atoms with van der Waals surface area (Å²) in [7, 11) is 0. The third kappa shape index (κ3) is 0.831. The van der Waals surface area contributed by atoms with E-state index in [4.69, 9.17) is 4.74 Å². The normalized spacial score (nSPS) is 44.0. The maximum Gasteiger partial charge on any atom is 0.0687 e. The van der Waals surface area contributed by atoms with Crippen LogP contribution in [0.5, 0.6) is 0 Å². The molecule has 0 unspecified atom stereocenters. The van der Waals surface area contributed by atoms with Crippen LogP contribution in [-0.2, 0) is 4.74 Å². The number of ether oxygens (including phenoxy) is 1. The third-order valence-electron chi connectivity index (χ3n) is 3.45. The fraction of sp³-hybridized carbons (Fsp3) is 0.636. The number of allylic oxidation sites excluding steroid dienone is 3. The van der Waals surface area contributed by atoms with Gasteiger partial charge in [0.25, 0.3) is 0 Å². The largest absolute Gasteiger partial charge is 0.373 e. The molecule has 0 aromatic carbocycles. The van der Waals surface area contributed by atoms with Crippen LogP contribution in [0, 0.1) is 11.8 Å². The maximum absolute atomic E-state index is 5.76. The van der Waals surface area contributed by atoms with E-state index < -0.39 is 0 Å². The number of hydrogen-bond donors (Lipinski definition) is 0. The van der Waals surface area contributed by atoms with Crippen molar-refractivity contribution < 1.29 is 4.74 Å². The first-order valence-corrected chi connectivity index (χ1v) is 4.94. The van der Waals surface area contributed by atoms with Crippen LogP contribution in [-0.4, -0.2) is 12.7 Å². The molecule has 12 heavy (non-hydrogen) atoms.